The van der Waals surface area contributed by atoms with E-state index in [2.05, 4.69) is 15.9 Å². The Hall–Kier alpha value is -2.79. The molecule has 0 unspecified atom stereocenters. The van der Waals surface area contributed by atoms with Crippen LogP contribution in [-0.4, -0.2) is 16.2 Å². The molecule has 0 aromatic heterocycles. The lowest BCUT2D eigenvalue weighted by atomic mass is 10.0. The quantitative estimate of drug-likeness (QED) is 0.619. The van der Waals surface area contributed by atoms with Crippen LogP contribution in [-0.2, 0) is 4.74 Å². The van der Waals surface area contributed by atoms with Gasteiger partial charge < -0.3 is 14.9 Å². The zero-order valence-electron chi connectivity index (χ0n) is 13.1. The molecule has 0 spiro atoms. The van der Waals surface area contributed by atoms with Crippen molar-refractivity contribution in [1.29, 1.82) is 0 Å². The number of phenolic OH excluding ortho intramolecular Hbond substituents is 2. The molecule has 0 aliphatic rings. The third-order valence-electron chi connectivity index (χ3n) is 3.71. The summed E-state index contributed by atoms with van der Waals surface area (Å²) in [7, 11) is 0. The summed E-state index contributed by atoms with van der Waals surface area (Å²) in [6, 6.07) is 21.2. The van der Waals surface area contributed by atoms with Crippen LogP contribution in [0.15, 0.2) is 77.3 Å². The van der Waals surface area contributed by atoms with Crippen molar-refractivity contribution in [2.45, 2.75) is 6.10 Å². The van der Waals surface area contributed by atoms with E-state index < -0.39 is 12.1 Å². The van der Waals surface area contributed by atoms with Gasteiger partial charge in [0.15, 0.2) is 6.10 Å². The number of hydrogen-bond acceptors (Lipinski definition) is 4. The summed E-state index contributed by atoms with van der Waals surface area (Å²) in [6.45, 7) is 0. The number of rotatable bonds is 4. The van der Waals surface area contributed by atoms with Gasteiger partial charge in [-0.1, -0.05) is 60.7 Å². The summed E-state index contributed by atoms with van der Waals surface area (Å²) in [5.41, 5.74) is 1.61. The number of phenols is 2. The third-order valence-corrected chi connectivity index (χ3v) is 4.35. The smallest absolute Gasteiger partial charge is 0.342 e. The van der Waals surface area contributed by atoms with Crippen LogP contribution in [0.4, 0.5) is 0 Å². The molecule has 126 valence electrons. The Kier molecular flexibility index (Phi) is 5.05. The van der Waals surface area contributed by atoms with E-state index in [9.17, 15) is 15.0 Å². The van der Waals surface area contributed by atoms with Gasteiger partial charge in [0.1, 0.15) is 17.1 Å². The molecule has 4 nitrogen and oxygen atoms in total. The molecular weight excluding hydrogens is 384 g/mol. The fourth-order valence-corrected chi connectivity index (χ4v) is 2.81. The molecule has 3 aromatic carbocycles. The molecule has 5 heteroatoms. The number of benzene rings is 3. The predicted molar refractivity (Wildman–Crippen MR) is 97.6 cm³/mol. The maximum atomic E-state index is 12.6. The first kappa shape index (κ1) is 17.0. The van der Waals surface area contributed by atoms with Crippen LogP contribution >= 0.6 is 15.9 Å². The molecule has 0 saturated carbocycles. The topological polar surface area (TPSA) is 66.8 Å². The molecule has 3 aromatic rings. The second-order valence-corrected chi connectivity index (χ2v) is 6.28. The van der Waals surface area contributed by atoms with Crippen LogP contribution in [0.25, 0.3) is 0 Å². The molecule has 3 rings (SSSR count). The Bertz CT molecular complexity index is 839. The Morgan fingerprint density at radius 3 is 1.88 bits per heavy atom. The van der Waals surface area contributed by atoms with E-state index in [1.54, 1.807) is 0 Å². The van der Waals surface area contributed by atoms with E-state index in [1.165, 1.54) is 6.07 Å². The Balaban J connectivity index is 1.96. The van der Waals surface area contributed by atoms with Crippen molar-refractivity contribution in [1.82, 2.24) is 0 Å². The van der Waals surface area contributed by atoms with Gasteiger partial charge in [0.25, 0.3) is 0 Å². The standard InChI is InChI=1S/C20H15BrO4/c21-16-11-15(17(22)12-18(16)23)20(24)25-19(13-7-3-1-4-8-13)14-9-5-2-6-10-14/h1-12,19,22-23H. The highest BCUT2D eigenvalue weighted by molar-refractivity contribution is 9.10. The van der Waals surface area contributed by atoms with Gasteiger partial charge in [0.2, 0.25) is 0 Å². The average Bonchev–Trinajstić information content (AvgIpc) is 2.64. The number of halogens is 1. The Morgan fingerprint density at radius 1 is 0.840 bits per heavy atom. The van der Waals surface area contributed by atoms with Gasteiger partial charge in [-0.25, -0.2) is 4.79 Å². The number of aromatic hydroxyl groups is 2. The first-order valence-corrected chi connectivity index (χ1v) is 8.38. The lowest BCUT2D eigenvalue weighted by molar-refractivity contribution is 0.0374. The summed E-state index contributed by atoms with van der Waals surface area (Å²) in [5.74, 6) is -1.18. The molecule has 0 aliphatic carbocycles. The summed E-state index contributed by atoms with van der Waals surface area (Å²) in [4.78, 5) is 12.6. The van der Waals surface area contributed by atoms with Gasteiger partial charge in [-0.05, 0) is 33.1 Å². The molecule has 0 atom stereocenters. The van der Waals surface area contributed by atoms with E-state index in [0.717, 1.165) is 17.2 Å². The second kappa shape index (κ2) is 7.40. The lowest BCUT2D eigenvalue weighted by Gasteiger charge is -2.19. The SMILES string of the molecule is O=C(OC(c1ccccc1)c1ccccc1)c1cc(Br)c(O)cc1O. The Morgan fingerprint density at radius 2 is 1.36 bits per heavy atom. The van der Waals surface area contributed by atoms with E-state index in [0.29, 0.717) is 4.47 Å². The molecule has 0 aliphatic heterocycles. The molecule has 25 heavy (non-hydrogen) atoms. The molecule has 0 amide bonds. The van der Waals surface area contributed by atoms with Crippen LogP contribution in [0.1, 0.15) is 27.6 Å². The summed E-state index contributed by atoms with van der Waals surface area (Å²) < 4.78 is 5.98. The minimum Gasteiger partial charge on any atom is -0.507 e. The first-order valence-electron chi connectivity index (χ1n) is 7.58. The van der Waals surface area contributed by atoms with Crippen molar-refractivity contribution < 1.29 is 19.7 Å². The maximum Gasteiger partial charge on any atom is 0.342 e. The van der Waals surface area contributed by atoms with Crippen molar-refractivity contribution in [3.05, 3.63) is 94.0 Å². The monoisotopic (exact) mass is 398 g/mol. The minimum absolute atomic E-state index is 0.0264. The molecular formula is C20H15BrO4. The minimum atomic E-state index is -0.684. The van der Waals surface area contributed by atoms with E-state index in [-0.39, 0.29) is 17.1 Å². The van der Waals surface area contributed by atoms with Crippen molar-refractivity contribution >= 4 is 21.9 Å². The summed E-state index contributed by atoms with van der Waals surface area (Å²) in [6.07, 6.45) is -0.609. The highest BCUT2D eigenvalue weighted by atomic mass is 79.9. The molecule has 0 fully saturated rings. The summed E-state index contributed by atoms with van der Waals surface area (Å²) in [5, 5.41) is 19.5. The van der Waals surface area contributed by atoms with Crippen LogP contribution in [0.3, 0.4) is 0 Å². The maximum absolute atomic E-state index is 12.6. The number of ether oxygens (including phenoxy) is 1. The van der Waals surface area contributed by atoms with Gasteiger partial charge in [-0.2, -0.15) is 0 Å². The number of carbonyl (C=O) groups is 1. The van der Waals surface area contributed by atoms with Crippen molar-refractivity contribution in [3.8, 4) is 11.5 Å². The first-order chi connectivity index (χ1) is 12.1. The van der Waals surface area contributed by atoms with E-state index >= 15 is 0 Å². The number of esters is 1. The number of carbonyl (C=O) groups excluding carboxylic acids is 1. The molecule has 0 heterocycles. The third kappa shape index (κ3) is 3.83. The van der Waals surface area contributed by atoms with Crippen molar-refractivity contribution in [2.75, 3.05) is 0 Å². The van der Waals surface area contributed by atoms with Gasteiger partial charge in [-0.3, -0.25) is 0 Å². The summed E-state index contributed by atoms with van der Waals surface area (Å²) >= 11 is 3.14. The zero-order chi connectivity index (χ0) is 17.8. The van der Waals surface area contributed by atoms with Crippen LogP contribution in [0, 0.1) is 0 Å². The molecule has 2 N–H and O–H groups in total. The Labute approximate surface area is 153 Å². The van der Waals surface area contributed by atoms with Gasteiger partial charge in [-0.15, -0.1) is 0 Å². The molecule has 0 bridgehead atoms. The van der Waals surface area contributed by atoms with Gasteiger partial charge in [0, 0.05) is 6.07 Å². The lowest BCUT2D eigenvalue weighted by Crippen LogP contribution is -2.13. The van der Waals surface area contributed by atoms with Crippen molar-refractivity contribution in [2.24, 2.45) is 0 Å². The van der Waals surface area contributed by atoms with Crippen LogP contribution < -0.4 is 0 Å². The largest absolute Gasteiger partial charge is 0.507 e. The highest BCUT2D eigenvalue weighted by Gasteiger charge is 2.22. The van der Waals surface area contributed by atoms with E-state index in [1.807, 2.05) is 60.7 Å². The zero-order valence-corrected chi connectivity index (χ0v) is 14.7. The van der Waals surface area contributed by atoms with Crippen molar-refractivity contribution in [3.63, 3.8) is 0 Å². The van der Waals surface area contributed by atoms with Crippen LogP contribution in [0.5, 0.6) is 11.5 Å². The molecule has 0 radical (unpaired) electrons. The van der Waals surface area contributed by atoms with Crippen LogP contribution in [0.2, 0.25) is 0 Å². The fraction of sp³-hybridized carbons (Fsp3) is 0.0500. The molecule has 0 saturated heterocycles. The van der Waals surface area contributed by atoms with E-state index in [4.69, 9.17) is 4.74 Å². The fourth-order valence-electron chi connectivity index (χ4n) is 2.47. The highest BCUT2D eigenvalue weighted by Crippen LogP contribution is 2.33. The normalized spacial score (nSPS) is 10.6. The number of hydrogen-bond donors (Lipinski definition) is 2. The average molecular weight is 399 g/mol. The van der Waals surface area contributed by atoms with Gasteiger partial charge >= 0.3 is 5.97 Å². The second-order valence-electron chi connectivity index (χ2n) is 5.43. The predicted octanol–water partition coefficient (Wildman–Crippen LogP) is 4.81. The van der Waals surface area contributed by atoms with Gasteiger partial charge in [0.05, 0.1) is 4.47 Å².